The van der Waals surface area contributed by atoms with E-state index >= 15 is 0 Å². The topological polar surface area (TPSA) is 87.5 Å². The molecule has 2 heterocycles. The van der Waals surface area contributed by atoms with Crippen LogP contribution in [0.1, 0.15) is 29.8 Å². The number of anilines is 1. The zero-order chi connectivity index (χ0) is 19.6. The van der Waals surface area contributed by atoms with Gasteiger partial charge in [0.25, 0.3) is 0 Å². The van der Waals surface area contributed by atoms with Crippen molar-refractivity contribution in [2.75, 3.05) is 25.0 Å². The minimum Gasteiger partial charge on any atom is -0.481 e. The fraction of sp³-hybridized carbons (Fsp3) is 0.450. The van der Waals surface area contributed by atoms with E-state index in [0.29, 0.717) is 18.7 Å². The average Bonchev–Trinajstić information content (AvgIpc) is 2.91. The van der Waals surface area contributed by atoms with E-state index in [1.165, 1.54) is 5.56 Å². The van der Waals surface area contributed by atoms with Gasteiger partial charge >= 0.3 is 5.97 Å². The van der Waals surface area contributed by atoms with Crippen molar-refractivity contribution in [3.05, 3.63) is 41.2 Å². The summed E-state index contributed by atoms with van der Waals surface area (Å²) < 4.78 is 1.83. The standard InChI is InChI=1S/C20H26N4O3.ClH/c1-13-6-8-17(9-7-13)24-15(3)19(14(2)22-24)21-18(25)12-23-10-4-5-16(11-23)20(26)27;/h6-9,16H,4-5,10-12H2,1-3H3,(H,21,25)(H,26,27);1H. The number of hydrogen-bond donors (Lipinski definition) is 2. The van der Waals surface area contributed by atoms with Crippen molar-refractivity contribution >= 4 is 30.0 Å². The fourth-order valence-electron chi connectivity index (χ4n) is 3.54. The molecule has 1 aliphatic rings. The van der Waals surface area contributed by atoms with Crippen LogP contribution in [0.5, 0.6) is 0 Å². The van der Waals surface area contributed by atoms with Gasteiger partial charge in [-0.2, -0.15) is 5.10 Å². The molecule has 3 rings (SSSR count). The Morgan fingerprint density at radius 1 is 1.21 bits per heavy atom. The molecular formula is C20H27ClN4O3. The van der Waals surface area contributed by atoms with Gasteiger partial charge in [0.15, 0.2) is 0 Å². The number of nitrogens with zero attached hydrogens (tertiary/aromatic N) is 3. The molecule has 1 unspecified atom stereocenters. The molecule has 2 N–H and O–H groups in total. The molecule has 8 heteroatoms. The second-order valence-electron chi connectivity index (χ2n) is 7.25. The number of rotatable bonds is 5. The number of hydrogen-bond acceptors (Lipinski definition) is 4. The second-order valence-corrected chi connectivity index (χ2v) is 7.25. The molecule has 0 bridgehead atoms. The Bertz CT molecular complexity index is 848. The number of nitrogens with one attached hydrogen (secondary N) is 1. The Labute approximate surface area is 171 Å². The van der Waals surface area contributed by atoms with Crippen LogP contribution < -0.4 is 5.32 Å². The van der Waals surface area contributed by atoms with E-state index < -0.39 is 5.97 Å². The van der Waals surface area contributed by atoms with Gasteiger partial charge in [0, 0.05) is 6.54 Å². The molecule has 1 fully saturated rings. The molecular weight excluding hydrogens is 380 g/mol. The van der Waals surface area contributed by atoms with Crippen LogP contribution in [0.15, 0.2) is 24.3 Å². The average molecular weight is 407 g/mol. The summed E-state index contributed by atoms with van der Waals surface area (Å²) in [5, 5.41) is 16.7. The Morgan fingerprint density at radius 3 is 2.54 bits per heavy atom. The molecule has 1 atom stereocenters. The van der Waals surface area contributed by atoms with Gasteiger partial charge < -0.3 is 10.4 Å². The summed E-state index contributed by atoms with van der Waals surface area (Å²) in [5.74, 6) is -1.32. The summed E-state index contributed by atoms with van der Waals surface area (Å²) in [5.41, 5.74) is 4.46. The minimum absolute atomic E-state index is 0. The molecule has 2 aromatic rings. The number of likely N-dealkylation sites (tertiary alicyclic amines) is 1. The van der Waals surface area contributed by atoms with E-state index in [0.717, 1.165) is 30.0 Å². The fourth-order valence-corrected chi connectivity index (χ4v) is 3.54. The smallest absolute Gasteiger partial charge is 0.307 e. The normalized spacial score (nSPS) is 17.0. The monoisotopic (exact) mass is 406 g/mol. The Hall–Kier alpha value is -2.38. The predicted octanol–water partition coefficient (Wildman–Crippen LogP) is 2.95. The number of piperidine rings is 1. The van der Waals surface area contributed by atoms with Gasteiger partial charge in [0.2, 0.25) is 5.91 Å². The highest BCUT2D eigenvalue weighted by Crippen LogP contribution is 2.23. The van der Waals surface area contributed by atoms with E-state index in [1.807, 2.05) is 54.6 Å². The number of carboxylic acids is 1. The lowest BCUT2D eigenvalue weighted by Crippen LogP contribution is -2.42. The van der Waals surface area contributed by atoms with E-state index in [4.69, 9.17) is 0 Å². The number of benzene rings is 1. The summed E-state index contributed by atoms with van der Waals surface area (Å²) in [6.07, 6.45) is 1.47. The molecule has 1 aromatic heterocycles. The number of halogens is 1. The van der Waals surface area contributed by atoms with Crippen LogP contribution in [-0.4, -0.2) is 51.3 Å². The third-order valence-electron chi connectivity index (χ3n) is 5.06. The first-order chi connectivity index (χ1) is 12.8. The van der Waals surface area contributed by atoms with Crippen LogP contribution in [0.3, 0.4) is 0 Å². The molecule has 0 spiro atoms. The molecule has 1 saturated heterocycles. The lowest BCUT2D eigenvalue weighted by atomic mass is 9.98. The summed E-state index contributed by atoms with van der Waals surface area (Å²) in [7, 11) is 0. The summed E-state index contributed by atoms with van der Waals surface area (Å²) in [6, 6.07) is 8.05. The quantitative estimate of drug-likeness (QED) is 0.797. The Morgan fingerprint density at radius 2 is 1.89 bits per heavy atom. The Balaban J connectivity index is 0.00000280. The lowest BCUT2D eigenvalue weighted by Gasteiger charge is -2.29. The molecule has 0 saturated carbocycles. The molecule has 0 radical (unpaired) electrons. The van der Waals surface area contributed by atoms with Gasteiger partial charge in [-0.05, 0) is 52.3 Å². The zero-order valence-electron chi connectivity index (χ0n) is 16.4. The van der Waals surface area contributed by atoms with Gasteiger partial charge in [-0.25, -0.2) is 4.68 Å². The van der Waals surface area contributed by atoms with Crippen molar-refractivity contribution in [3.8, 4) is 5.69 Å². The van der Waals surface area contributed by atoms with Crippen molar-refractivity contribution in [1.29, 1.82) is 0 Å². The first-order valence-corrected chi connectivity index (χ1v) is 9.23. The van der Waals surface area contributed by atoms with E-state index in [-0.39, 0.29) is 30.8 Å². The van der Waals surface area contributed by atoms with Crippen LogP contribution in [-0.2, 0) is 9.59 Å². The third kappa shape index (κ3) is 4.91. The van der Waals surface area contributed by atoms with Crippen molar-refractivity contribution < 1.29 is 14.7 Å². The predicted molar refractivity (Wildman–Crippen MR) is 110 cm³/mol. The van der Waals surface area contributed by atoms with Crippen LogP contribution in [0.2, 0.25) is 0 Å². The zero-order valence-corrected chi connectivity index (χ0v) is 17.3. The number of amides is 1. The van der Waals surface area contributed by atoms with Crippen molar-refractivity contribution in [3.63, 3.8) is 0 Å². The summed E-state index contributed by atoms with van der Waals surface area (Å²) >= 11 is 0. The number of aromatic nitrogens is 2. The first-order valence-electron chi connectivity index (χ1n) is 9.23. The Kier molecular flexibility index (Phi) is 7.21. The maximum Gasteiger partial charge on any atom is 0.307 e. The van der Waals surface area contributed by atoms with E-state index in [2.05, 4.69) is 10.4 Å². The number of aliphatic carboxylic acids is 1. The number of aryl methyl sites for hydroxylation is 2. The lowest BCUT2D eigenvalue weighted by molar-refractivity contribution is -0.144. The molecule has 28 heavy (non-hydrogen) atoms. The van der Waals surface area contributed by atoms with E-state index in [9.17, 15) is 14.7 Å². The molecule has 1 aromatic carbocycles. The largest absolute Gasteiger partial charge is 0.481 e. The van der Waals surface area contributed by atoms with Crippen LogP contribution in [0.25, 0.3) is 5.69 Å². The summed E-state index contributed by atoms with van der Waals surface area (Å²) in [6.45, 7) is 7.19. The molecule has 1 amide bonds. The van der Waals surface area contributed by atoms with Crippen molar-refractivity contribution in [2.45, 2.75) is 33.6 Å². The molecule has 7 nitrogen and oxygen atoms in total. The van der Waals surface area contributed by atoms with Gasteiger partial charge in [0.05, 0.1) is 35.2 Å². The van der Waals surface area contributed by atoms with Crippen LogP contribution in [0, 0.1) is 26.7 Å². The third-order valence-corrected chi connectivity index (χ3v) is 5.06. The van der Waals surface area contributed by atoms with Gasteiger partial charge in [0.1, 0.15) is 0 Å². The van der Waals surface area contributed by atoms with Gasteiger partial charge in [-0.15, -0.1) is 12.4 Å². The maximum absolute atomic E-state index is 12.5. The highest BCUT2D eigenvalue weighted by atomic mass is 35.5. The van der Waals surface area contributed by atoms with Gasteiger partial charge in [-0.1, -0.05) is 17.7 Å². The highest BCUT2D eigenvalue weighted by molar-refractivity contribution is 5.93. The first kappa shape index (κ1) is 21.9. The van der Waals surface area contributed by atoms with Crippen LogP contribution in [0.4, 0.5) is 5.69 Å². The number of carboxylic acid groups (broad SMARTS) is 1. The van der Waals surface area contributed by atoms with Crippen molar-refractivity contribution in [2.24, 2.45) is 5.92 Å². The molecule has 152 valence electrons. The molecule has 1 aliphatic heterocycles. The molecule has 0 aliphatic carbocycles. The maximum atomic E-state index is 12.5. The van der Waals surface area contributed by atoms with Gasteiger partial charge in [-0.3, -0.25) is 14.5 Å². The van der Waals surface area contributed by atoms with Crippen LogP contribution >= 0.6 is 12.4 Å². The minimum atomic E-state index is -0.786. The van der Waals surface area contributed by atoms with E-state index in [1.54, 1.807) is 0 Å². The summed E-state index contributed by atoms with van der Waals surface area (Å²) in [4.78, 5) is 25.6. The highest BCUT2D eigenvalue weighted by Gasteiger charge is 2.26. The second kappa shape index (κ2) is 9.21. The number of carbonyl (C=O) groups is 2. The van der Waals surface area contributed by atoms with Crippen molar-refractivity contribution in [1.82, 2.24) is 14.7 Å². The SMILES string of the molecule is Cc1ccc(-n2nc(C)c(NC(=O)CN3CCCC(C(=O)O)C3)c2C)cc1.Cl. The number of carbonyl (C=O) groups excluding carboxylic acids is 1.